The zero-order valence-corrected chi connectivity index (χ0v) is 13.5. The third-order valence-electron chi connectivity index (χ3n) is 3.35. The average Bonchev–Trinajstić information content (AvgIpc) is 2.49. The minimum absolute atomic E-state index is 0. The number of halogens is 1. The lowest BCUT2D eigenvalue weighted by molar-refractivity contribution is -0.119. The molecular weight excluding hydrogens is 308 g/mol. The molecular formula is C15H21ClN2O4. The zero-order valence-electron chi connectivity index (χ0n) is 12.7. The van der Waals surface area contributed by atoms with Gasteiger partial charge in [0.15, 0.2) is 0 Å². The molecule has 1 aromatic rings. The Kier molecular flexibility index (Phi) is 7.31. The number of carbonyl (C=O) groups is 2. The molecule has 122 valence electrons. The Labute approximate surface area is 136 Å². The minimum Gasteiger partial charge on any atom is -0.465 e. The molecule has 22 heavy (non-hydrogen) atoms. The first-order valence-corrected chi connectivity index (χ1v) is 6.91. The van der Waals surface area contributed by atoms with Crippen molar-refractivity contribution in [2.45, 2.75) is 19.4 Å². The number of benzene rings is 1. The topological polar surface area (TPSA) is 76.7 Å². The molecule has 0 bridgehead atoms. The van der Waals surface area contributed by atoms with Gasteiger partial charge < -0.3 is 20.1 Å². The Morgan fingerprint density at radius 1 is 1.45 bits per heavy atom. The molecule has 0 saturated carbocycles. The highest BCUT2D eigenvalue weighted by molar-refractivity contribution is 5.95. The van der Waals surface area contributed by atoms with Gasteiger partial charge in [0.25, 0.3) is 0 Å². The van der Waals surface area contributed by atoms with Gasteiger partial charge in [0.2, 0.25) is 5.91 Å². The first-order valence-electron chi connectivity index (χ1n) is 6.91. The van der Waals surface area contributed by atoms with Gasteiger partial charge >= 0.3 is 5.97 Å². The zero-order chi connectivity index (χ0) is 15.2. The van der Waals surface area contributed by atoms with Crippen LogP contribution in [0.2, 0.25) is 0 Å². The van der Waals surface area contributed by atoms with Gasteiger partial charge in [-0.25, -0.2) is 4.79 Å². The van der Waals surface area contributed by atoms with Crippen LogP contribution in [0.5, 0.6) is 0 Å². The van der Waals surface area contributed by atoms with Crippen molar-refractivity contribution in [1.29, 1.82) is 0 Å². The lowest BCUT2D eigenvalue weighted by Gasteiger charge is -2.23. The number of ether oxygens (including phenoxy) is 2. The van der Waals surface area contributed by atoms with Gasteiger partial charge in [0.1, 0.15) is 0 Å². The molecule has 1 heterocycles. The largest absolute Gasteiger partial charge is 0.465 e. The van der Waals surface area contributed by atoms with Gasteiger partial charge in [0.05, 0.1) is 31.8 Å². The molecule has 1 aromatic carbocycles. The summed E-state index contributed by atoms with van der Waals surface area (Å²) in [6, 6.07) is 5.07. The molecule has 1 unspecified atom stereocenters. The van der Waals surface area contributed by atoms with Crippen LogP contribution in [-0.4, -0.2) is 44.8 Å². The van der Waals surface area contributed by atoms with Gasteiger partial charge in [-0.15, -0.1) is 12.4 Å². The summed E-state index contributed by atoms with van der Waals surface area (Å²) in [5.41, 5.74) is 1.92. The minimum atomic E-state index is -0.426. The number of methoxy groups -OCH3 is 1. The molecule has 0 spiro atoms. The van der Waals surface area contributed by atoms with Crippen molar-refractivity contribution >= 4 is 30.0 Å². The predicted octanol–water partition coefficient (Wildman–Crippen LogP) is 1.52. The molecule has 1 atom stereocenters. The number of amides is 1. The smallest absolute Gasteiger partial charge is 0.337 e. The van der Waals surface area contributed by atoms with Gasteiger partial charge in [-0.05, 0) is 24.6 Å². The summed E-state index contributed by atoms with van der Waals surface area (Å²) in [6.45, 7) is 3.98. The molecule has 7 heteroatoms. The summed E-state index contributed by atoms with van der Waals surface area (Å²) >= 11 is 0. The maximum Gasteiger partial charge on any atom is 0.337 e. The van der Waals surface area contributed by atoms with E-state index in [1.807, 2.05) is 6.92 Å². The van der Waals surface area contributed by atoms with Crippen molar-refractivity contribution < 1.29 is 19.1 Å². The summed E-state index contributed by atoms with van der Waals surface area (Å²) in [5, 5.41) is 6.00. The Hall–Kier alpha value is -1.63. The lowest BCUT2D eigenvalue weighted by atomic mass is 10.1. The second-order valence-electron chi connectivity index (χ2n) is 4.97. The summed E-state index contributed by atoms with van der Waals surface area (Å²) in [6.07, 6.45) is 0.178. The maximum absolute atomic E-state index is 12.0. The molecule has 0 aromatic heterocycles. The predicted molar refractivity (Wildman–Crippen MR) is 85.6 cm³/mol. The molecule has 0 aliphatic carbocycles. The number of nitrogens with one attached hydrogen (secondary N) is 2. The highest BCUT2D eigenvalue weighted by atomic mass is 35.5. The van der Waals surface area contributed by atoms with Crippen LogP contribution in [0.4, 0.5) is 5.69 Å². The number of hydrogen-bond acceptors (Lipinski definition) is 5. The number of morpholine rings is 1. The van der Waals surface area contributed by atoms with Crippen LogP contribution in [0.1, 0.15) is 22.3 Å². The van der Waals surface area contributed by atoms with E-state index in [0.717, 1.165) is 12.1 Å². The molecule has 1 fully saturated rings. The standard InChI is InChI=1S/C15H20N2O4.ClH/c1-10-3-4-11(15(19)20-2)7-13(10)17-14(18)8-12-9-16-5-6-21-12;/h3-4,7,12,16H,5-6,8-9H2,1-2H3,(H,17,18);1H. The van der Waals surface area contributed by atoms with Crippen molar-refractivity contribution in [3.63, 3.8) is 0 Å². The molecule has 6 nitrogen and oxygen atoms in total. The highest BCUT2D eigenvalue weighted by Gasteiger charge is 2.18. The van der Waals surface area contributed by atoms with Crippen molar-refractivity contribution in [2.75, 3.05) is 32.1 Å². The summed E-state index contributed by atoms with van der Waals surface area (Å²) in [4.78, 5) is 23.6. The summed E-state index contributed by atoms with van der Waals surface area (Å²) < 4.78 is 10.2. The van der Waals surface area contributed by atoms with Crippen LogP contribution in [0.3, 0.4) is 0 Å². The molecule has 1 aliphatic heterocycles. The van der Waals surface area contributed by atoms with E-state index in [4.69, 9.17) is 4.74 Å². The maximum atomic E-state index is 12.0. The average molecular weight is 329 g/mol. The lowest BCUT2D eigenvalue weighted by Crippen LogP contribution is -2.40. The van der Waals surface area contributed by atoms with Gasteiger partial charge in [-0.2, -0.15) is 0 Å². The van der Waals surface area contributed by atoms with Gasteiger partial charge in [-0.3, -0.25) is 4.79 Å². The molecule has 0 radical (unpaired) electrons. The monoisotopic (exact) mass is 328 g/mol. The van der Waals surface area contributed by atoms with E-state index in [-0.39, 0.29) is 30.8 Å². The van der Waals surface area contributed by atoms with Crippen LogP contribution in [-0.2, 0) is 14.3 Å². The van der Waals surface area contributed by atoms with E-state index < -0.39 is 5.97 Å². The first-order chi connectivity index (χ1) is 10.1. The fourth-order valence-electron chi connectivity index (χ4n) is 2.16. The van der Waals surface area contributed by atoms with Gasteiger partial charge in [-0.1, -0.05) is 6.07 Å². The van der Waals surface area contributed by atoms with Crippen molar-refractivity contribution in [2.24, 2.45) is 0 Å². The summed E-state index contributed by atoms with van der Waals surface area (Å²) in [5.74, 6) is -0.556. The van der Waals surface area contributed by atoms with Crippen molar-refractivity contribution in [1.82, 2.24) is 5.32 Å². The van der Waals surface area contributed by atoms with E-state index in [9.17, 15) is 9.59 Å². The van der Waals surface area contributed by atoms with Crippen LogP contribution in [0.25, 0.3) is 0 Å². The normalized spacial score (nSPS) is 17.3. The van der Waals surface area contributed by atoms with Crippen molar-refractivity contribution in [3.05, 3.63) is 29.3 Å². The number of carbonyl (C=O) groups excluding carboxylic acids is 2. The Balaban J connectivity index is 0.00000242. The van der Waals surface area contributed by atoms with Crippen LogP contribution >= 0.6 is 12.4 Å². The molecule has 2 rings (SSSR count). The van der Waals surface area contributed by atoms with E-state index in [2.05, 4.69) is 15.4 Å². The molecule has 1 amide bonds. The Morgan fingerprint density at radius 2 is 2.23 bits per heavy atom. The summed E-state index contributed by atoms with van der Waals surface area (Å²) in [7, 11) is 1.33. The highest BCUT2D eigenvalue weighted by Crippen LogP contribution is 2.18. The van der Waals surface area contributed by atoms with E-state index in [1.54, 1.807) is 18.2 Å². The van der Waals surface area contributed by atoms with Crippen LogP contribution in [0.15, 0.2) is 18.2 Å². The number of aryl methyl sites for hydroxylation is 1. The number of anilines is 1. The Morgan fingerprint density at radius 3 is 2.86 bits per heavy atom. The third kappa shape index (κ3) is 4.98. The van der Waals surface area contributed by atoms with Crippen molar-refractivity contribution in [3.8, 4) is 0 Å². The second-order valence-corrected chi connectivity index (χ2v) is 4.97. The molecule has 1 aliphatic rings. The quantitative estimate of drug-likeness (QED) is 0.820. The van der Waals surface area contributed by atoms with E-state index >= 15 is 0 Å². The van der Waals surface area contributed by atoms with Crippen LogP contribution < -0.4 is 10.6 Å². The number of esters is 1. The fraction of sp³-hybridized carbons (Fsp3) is 0.467. The number of hydrogen-bond donors (Lipinski definition) is 2. The second kappa shape index (κ2) is 8.73. The van der Waals surface area contributed by atoms with E-state index in [0.29, 0.717) is 24.4 Å². The fourth-order valence-corrected chi connectivity index (χ4v) is 2.16. The molecule has 1 saturated heterocycles. The molecule has 2 N–H and O–H groups in total. The first kappa shape index (κ1) is 18.4. The van der Waals surface area contributed by atoms with Gasteiger partial charge in [0, 0.05) is 18.8 Å². The third-order valence-corrected chi connectivity index (χ3v) is 3.35. The Bertz CT molecular complexity index is 530. The number of rotatable bonds is 4. The van der Waals surface area contributed by atoms with E-state index in [1.165, 1.54) is 7.11 Å². The SMILES string of the molecule is COC(=O)c1ccc(C)c(NC(=O)CC2CNCCO2)c1.Cl. The van der Waals surface area contributed by atoms with Crippen LogP contribution in [0, 0.1) is 6.92 Å².